The van der Waals surface area contributed by atoms with Crippen molar-refractivity contribution in [1.82, 2.24) is 4.90 Å². The molecule has 0 radical (unpaired) electrons. The standard InChI is InChI=1S/C9H18N2O/c1-9(2,3)11-6-4-5-7(11)8(10)12/h7H,4-6H2,1-3H3,(H2,10,12)/t7-/m0/s1. The molecule has 0 unspecified atom stereocenters. The molecule has 70 valence electrons. The number of hydrogen-bond donors (Lipinski definition) is 1. The Morgan fingerprint density at radius 1 is 1.50 bits per heavy atom. The Balaban J connectivity index is 2.71. The van der Waals surface area contributed by atoms with Crippen LogP contribution in [0.3, 0.4) is 0 Å². The lowest BCUT2D eigenvalue weighted by molar-refractivity contribution is -0.123. The second-order valence-corrected chi connectivity index (χ2v) is 4.42. The van der Waals surface area contributed by atoms with Crippen LogP contribution in [0.5, 0.6) is 0 Å². The van der Waals surface area contributed by atoms with Gasteiger partial charge in [-0.3, -0.25) is 9.69 Å². The van der Waals surface area contributed by atoms with Crippen molar-refractivity contribution in [3.05, 3.63) is 0 Å². The average molecular weight is 170 g/mol. The van der Waals surface area contributed by atoms with Crippen molar-refractivity contribution in [2.75, 3.05) is 6.54 Å². The minimum absolute atomic E-state index is 0.0370. The fraction of sp³-hybridized carbons (Fsp3) is 0.889. The first-order valence-corrected chi connectivity index (χ1v) is 4.49. The van der Waals surface area contributed by atoms with Crippen molar-refractivity contribution in [2.24, 2.45) is 5.73 Å². The number of nitrogens with zero attached hydrogens (tertiary/aromatic N) is 1. The van der Waals surface area contributed by atoms with E-state index in [2.05, 4.69) is 25.7 Å². The molecule has 0 spiro atoms. The number of primary amides is 1. The van der Waals surface area contributed by atoms with Gasteiger partial charge >= 0.3 is 0 Å². The summed E-state index contributed by atoms with van der Waals surface area (Å²) in [5, 5.41) is 0. The van der Waals surface area contributed by atoms with Crippen molar-refractivity contribution < 1.29 is 4.79 Å². The van der Waals surface area contributed by atoms with Crippen LogP contribution in [0, 0.1) is 0 Å². The Morgan fingerprint density at radius 3 is 2.42 bits per heavy atom. The van der Waals surface area contributed by atoms with E-state index in [0.29, 0.717) is 0 Å². The number of nitrogens with two attached hydrogens (primary N) is 1. The van der Waals surface area contributed by atoms with Gasteiger partial charge in [0, 0.05) is 5.54 Å². The second kappa shape index (κ2) is 3.05. The minimum Gasteiger partial charge on any atom is -0.368 e. The van der Waals surface area contributed by atoms with E-state index in [1.807, 2.05) is 0 Å². The molecule has 0 aromatic carbocycles. The van der Waals surface area contributed by atoms with Crippen LogP contribution in [0.4, 0.5) is 0 Å². The lowest BCUT2D eigenvalue weighted by Gasteiger charge is -2.35. The van der Waals surface area contributed by atoms with Crippen LogP contribution in [0.15, 0.2) is 0 Å². The fourth-order valence-corrected chi connectivity index (χ4v) is 1.87. The third-order valence-corrected chi connectivity index (χ3v) is 2.44. The summed E-state index contributed by atoms with van der Waals surface area (Å²) in [4.78, 5) is 13.2. The molecule has 0 aromatic heterocycles. The first kappa shape index (κ1) is 9.52. The van der Waals surface area contributed by atoms with E-state index in [-0.39, 0.29) is 17.5 Å². The highest BCUT2D eigenvalue weighted by Gasteiger charge is 2.35. The highest BCUT2D eigenvalue weighted by molar-refractivity contribution is 5.80. The quantitative estimate of drug-likeness (QED) is 0.630. The monoisotopic (exact) mass is 170 g/mol. The van der Waals surface area contributed by atoms with Crippen molar-refractivity contribution >= 4 is 5.91 Å². The average Bonchev–Trinajstić information content (AvgIpc) is 2.30. The van der Waals surface area contributed by atoms with E-state index >= 15 is 0 Å². The Hall–Kier alpha value is -0.570. The maximum atomic E-state index is 11.0. The molecule has 1 aliphatic rings. The number of rotatable bonds is 1. The molecule has 0 aromatic rings. The van der Waals surface area contributed by atoms with E-state index in [1.165, 1.54) is 0 Å². The summed E-state index contributed by atoms with van der Waals surface area (Å²) in [5.41, 5.74) is 5.37. The number of carbonyl (C=O) groups is 1. The van der Waals surface area contributed by atoms with Gasteiger partial charge in [-0.1, -0.05) is 0 Å². The van der Waals surface area contributed by atoms with Gasteiger partial charge in [0.2, 0.25) is 5.91 Å². The highest BCUT2D eigenvalue weighted by Crippen LogP contribution is 2.25. The van der Waals surface area contributed by atoms with Crippen molar-refractivity contribution in [1.29, 1.82) is 0 Å². The van der Waals surface area contributed by atoms with Crippen LogP contribution in [-0.2, 0) is 4.79 Å². The van der Waals surface area contributed by atoms with Crippen LogP contribution in [-0.4, -0.2) is 28.9 Å². The Bertz CT molecular complexity index is 183. The van der Waals surface area contributed by atoms with Gasteiger partial charge in [0.1, 0.15) is 0 Å². The smallest absolute Gasteiger partial charge is 0.234 e. The van der Waals surface area contributed by atoms with Gasteiger partial charge in [-0.05, 0) is 40.2 Å². The minimum atomic E-state index is -0.178. The summed E-state index contributed by atoms with van der Waals surface area (Å²) in [6, 6.07) is -0.0370. The molecule has 0 bridgehead atoms. The zero-order chi connectivity index (χ0) is 9.35. The molecule has 3 heteroatoms. The Labute approximate surface area is 73.9 Å². The van der Waals surface area contributed by atoms with Gasteiger partial charge in [0.15, 0.2) is 0 Å². The van der Waals surface area contributed by atoms with E-state index in [4.69, 9.17) is 5.73 Å². The lowest BCUT2D eigenvalue weighted by atomic mass is 10.0. The maximum Gasteiger partial charge on any atom is 0.234 e. The second-order valence-electron chi connectivity index (χ2n) is 4.42. The molecule has 2 N–H and O–H groups in total. The topological polar surface area (TPSA) is 46.3 Å². The van der Waals surface area contributed by atoms with Gasteiger partial charge < -0.3 is 5.73 Å². The summed E-state index contributed by atoms with van der Waals surface area (Å²) >= 11 is 0. The van der Waals surface area contributed by atoms with Gasteiger partial charge in [-0.15, -0.1) is 0 Å². The summed E-state index contributed by atoms with van der Waals surface area (Å²) in [7, 11) is 0. The van der Waals surface area contributed by atoms with Gasteiger partial charge in [0.05, 0.1) is 6.04 Å². The molecule has 12 heavy (non-hydrogen) atoms. The van der Waals surface area contributed by atoms with Crippen LogP contribution in [0.25, 0.3) is 0 Å². The van der Waals surface area contributed by atoms with Gasteiger partial charge in [0.25, 0.3) is 0 Å². The predicted molar refractivity (Wildman–Crippen MR) is 48.7 cm³/mol. The molecule has 1 fully saturated rings. The predicted octanol–water partition coefficient (Wildman–Crippen LogP) is 0.735. The molecule has 1 aliphatic heterocycles. The Morgan fingerprint density at radius 2 is 2.08 bits per heavy atom. The first-order chi connectivity index (χ1) is 5.43. The summed E-state index contributed by atoms with van der Waals surface area (Å²) in [5.74, 6) is -0.178. The largest absolute Gasteiger partial charge is 0.368 e. The van der Waals surface area contributed by atoms with Crippen LogP contribution in [0.2, 0.25) is 0 Å². The molecular weight excluding hydrogens is 152 g/mol. The number of amides is 1. The molecule has 0 saturated carbocycles. The first-order valence-electron chi connectivity index (χ1n) is 4.49. The molecule has 1 saturated heterocycles. The number of hydrogen-bond acceptors (Lipinski definition) is 2. The normalized spacial score (nSPS) is 26.1. The van der Waals surface area contributed by atoms with Gasteiger partial charge in [-0.25, -0.2) is 0 Å². The SMILES string of the molecule is CC(C)(C)N1CCC[C@H]1C(N)=O. The summed E-state index contributed by atoms with van der Waals surface area (Å²) < 4.78 is 0. The molecule has 1 atom stereocenters. The van der Waals surface area contributed by atoms with Crippen molar-refractivity contribution in [2.45, 2.75) is 45.2 Å². The van der Waals surface area contributed by atoms with Crippen molar-refractivity contribution in [3.63, 3.8) is 0 Å². The van der Waals surface area contributed by atoms with E-state index < -0.39 is 0 Å². The van der Waals surface area contributed by atoms with E-state index in [9.17, 15) is 4.79 Å². The summed E-state index contributed by atoms with van der Waals surface area (Å²) in [6.45, 7) is 7.36. The highest BCUT2D eigenvalue weighted by atomic mass is 16.1. The third-order valence-electron chi connectivity index (χ3n) is 2.44. The zero-order valence-electron chi connectivity index (χ0n) is 8.13. The third kappa shape index (κ3) is 1.78. The lowest BCUT2D eigenvalue weighted by Crippen LogP contribution is -2.49. The molecular formula is C9H18N2O. The van der Waals surface area contributed by atoms with Gasteiger partial charge in [-0.2, -0.15) is 0 Å². The van der Waals surface area contributed by atoms with Crippen LogP contribution >= 0.6 is 0 Å². The number of carbonyl (C=O) groups excluding carboxylic acids is 1. The molecule has 3 nitrogen and oxygen atoms in total. The summed E-state index contributed by atoms with van der Waals surface area (Å²) in [6.07, 6.45) is 2.01. The van der Waals surface area contributed by atoms with E-state index in [0.717, 1.165) is 19.4 Å². The van der Waals surface area contributed by atoms with Crippen molar-refractivity contribution in [3.8, 4) is 0 Å². The molecule has 0 aliphatic carbocycles. The van der Waals surface area contributed by atoms with Crippen LogP contribution < -0.4 is 5.73 Å². The molecule has 1 amide bonds. The van der Waals surface area contributed by atoms with E-state index in [1.54, 1.807) is 0 Å². The molecule has 1 rings (SSSR count). The number of likely N-dealkylation sites (tertiary alicyclic amines) is 1. The van der Waals surface area contributed by atoms with Crippen LogP contribution in [0.1, 0.15) is 33.6 Å². The zero-order valence-corrected chi connectivity index (χ0v) is 8.13. The Kier molecular flexibility index (Phi) is 2.42. The molecule has 1 heterocycles. The maximum absolute atomic E-state index is 11.0. The fourth-order valence-electron chi connectivity index (χ4n) is 1.87.